The topological polar surface area (TPSA) is 40.5 Å². The van der Waals surface area contributed by atoms with Crippen molar-refractivity contribution in [3.05, 3.63) is 35.9 Å². The van der Waals surface area contributed by atoms with Crippen molar-refractivity contribution in [2.24, 2.45) is 0 Å². The normalized spacial score (nSPS) is 15.6. The van der Waals surface area contributed by atoms with Crippen LogP contribution in [0.3, 0.4) is 0 Å². The Hall–Kier alpha value is -0.860. The van der Waals surface area contributed by atoms with E-state index in [-0.39, 0.29) is 6.61 Å². The number of hydrogen-bond donors (Lipinski definition) is 2. The van der Waals surface area contributed by atoms with Gasteiger partial charge in [0, 0.05) is 6.42 Å². The molecule has 1 unspecified atom stereocenters. The molecule has 0 fully saturated rings. The fourth-order valence-corrected chi connectivity index (χ4v) is 1.09. The largest absolute Gasteiger partial charge is 0.393 e. The summed E-state index contributed by atoms with van der Waals surface area (Å²) in [6.45, 7) is 1.42. The van der Waals surface area contributed by atoms with Gasteiger partial charge in [-0.05, 0) is 12.5 Å². The lowest BCUT2D eigenvalue weighted by Crippen LogP contribution is -2.31. The summed E-state index contributed by atoms with van der Waals surface area (Å²) < 4.78 is 0. The van der Waals surface area contributed by atoms with Crippen LogP contribution in [-0.4, -0.2) is 22.4 Å². The van der Waals surface area contributed by atoms with Crippen molar-refractivity contribution in [3.63, 3.8) is 0 Å². The Labute approximate surface area is 72.5 Å². The van der Waals surface area contributed by atoms with E-state index >= 15 is 0 Å². The summed E-state index contributed by atoms with van der Waals surface area (Å²) in [5.41, 5.74) is 0.0398. The molecule has 0 aliphatic rings. The van der Waals surface area contributed by atoms with E-state index in [2.05, 4.69) is 0 Å². The van der Waals surface area contributed by atoms with E-state index in [4.69, 9.17) is 5.11 Å². The van der Waals surface area contributed by atoms with Gasteiger partial charge in [0.15, 0.2) is 0 Å². The van der Waals surface area contributed by atoms with Gasteiger partial charge >= 0.3 is 0 Å². The fourth-order valence-electron chi connectivity index (χ4n) is 1.09. The van der Waals surface area contributed by atoms with E-state index in [0.717, 1.165) is 5.56 Å². The van der Waals surface area contributed by atoms with E-state index in [9.17, 15) is 5.11 Å². The van der Waals surface area contributed by atoms with Gasteiger partial charge in [-0.25, -0.2) is 0 Å². The molecule has 1 atom stereocenters. The molecule has 0 saturated heterocycles. The van der Waals surface area contributed by atoms with Crippen LogP contribution in [0, 0.1) is 0 Å². The number of aliphatic hydroxyl groups is 2. The van der Waals surface area contributed by atoms with Gasteiger partial charge in [-0.3, -0.25) is 0 Å². The molecule has 0 amide bonds. The molecule has 66 valence electrons. The molecule has 2 nitrogen and oxygen atoms in total. The minimum absolute atomic E-state index is 0.206. The molecule has 0 radical (unpaired) electrons. The second-order valence-electron chi connectivity index (χ2n) is 3.32. The van der Waals surface area contributed by atoms with Crippen LogP contribution in [0.2, 0.25) is 0 Å². The van der Waals surface area contributed by atoms with Crippen LogP contribution in [0.15, 0.2) is 30.3 Å². The molecule has 1 aromatic rings. The fraction of sp³-hybridized carbons (Fsp3) is 0.400. The third-order valence-corrected chi connectivity index (χ3v) is 1.77. The van der Waals surface area contributed by atoms with Crippen molar-refractivity contribution in [2.75, 3.05) is 6.61 Å². The molecule has 0 saturated carbocycles. The number of hydrogen-bond acceptors (Lipinski definition) is 2. The van der Waals surface area contributed by atoms with Gasteiger partial charge in [-0.2, -0.15) is 0 Å². The zero-order valence-electron chi connectivity index (χ0n) is 7.20. The monoisotopic (exact) mass is 166 g/mol. The summed E-state index contributed by atoms with van der Waals surface area (Å²) >= 11 is 0. The smallest absolute Gasteiger partial charge is 0.0889 e. The maximum Gasteiger partial charge on any atom is 0.0889 e. The molecule has 2 N–H and O–H groups in total. The maximum absolute atomic E-state index is 9.53. The zero-order chi connectivity index (χ0) is 9.03. The molecule has 0 bridgehead atoms. The van der Waals surface area contributed by atoms with Crippen LogP contribution in [0.1, 0.15) is 12.5 Å². The lowest BCUT2D eigenvalue weighted by Gasteiger charge is -2.19. The van der Waals surface area contributed by atoms with E-state index in [0.29, 0.717) is 6.42 Å². The Morgan fingerprint density at radius 3 is 2.33 bits per heavy atom. The summed E-state index contributed by atoms with van der Waals surface area (Å²) in [5.74, 6) is 0. The van der Waals surface area contributed by atoms with Crippen LogP contribution in [0.5, 0.6) is 0 Å². The number of aliphatic hydroxyl groups excluding tert-OH is 1. The van der Waals surface area contributed by atoms with Gasteiger partial charge in [0.1, 0.15) is 0 Å². The summed E-state index contributed by atoms with van der Waals surface area (Å²) in [4.78, 5) is 0. The molecule has 2 heteroatoms. The predicted molar refractivity (Wildman–Crippen MR) is 47.9 cm³/mol. The van der Waals surface area contributed by atoms with E-state index in [1.54, 1.807) is 6.92 Å². The minimum atomic E-state index is -0.999. The average Bonchev–Trinajstić information content (AvgIpc) is 2.06. The molecular weight excluding hydrogens is 152 g/mol. The minimum Gasteiger partial charge on any atom is -0.393 e. The standard InChI is InChI=1S/C10H14O2/c1-10(12,8-11)7-9-5-3-2-4-6-9/h2-6,11-12H,7-8H2,1H3. The summed E-state index contributed by atoms with van der Waals surface area (Å²) in [6, 6.07) is 9.64. The first-order valence-electron chi connectivity index (χ1n) is 4.01. The molecule has 0 aromatic heterocycles. The van der Waals surface area contributed by atoms with Crippen molar-refractivity contribution in [3.8, 4) is 0 Å². The molecule has 12 heavy (non-hydrogen) atoms. The van der Waals surface area contributed by atoms with Gasteiger partial charge in [0.25, 0.3) is 0 Å². The van der Waals surface area contributed by atoms with Crippen LogP contribution >= 0.6 is 0 Å². The van der Waals surface area contributed by atoms with Crippen molar-refractivity contribution >= 4 is 0 Å². The summed E-state index contributed by atoms with van der Waals surface area (Å²) in [6.07, 6.45) is 0.490. The van der Waals surface area contributed by atoms with E-state index in [1.165, 1.54) is 0 Å². The van der Waals surface area contributed by atoms with Crippen LogP contribution in [0.25, 0.3) is 0 Å². The molecule has 0 spiro atoms. The zero-order valence-corrected chi connectivity index (χ0v) is 7.20. The summed E-state index contributed by atoms with van der Waals surface area (Å²) in [5, 5.41) is 18.3. The van der Waals surface area contributed by atoms with Gasteiger partial charge in [0.2, 0.25) is 0 Å². The molecular formula is C10H14O2. The Bertz CT molecular complexity index is 229. The summed E-state index contributed by atoms with van der Waals surface area (Å²) in [7, 11) is 0. The third kappa shape index (κ3) is 2.64. The van der Waals surface area contributed by atoms with Gasteiger partial charge in [-0.1, -0.05) is 30.3 Å². The molecule has 1 aromatic carbocycles. The Balaban J connectivity index is 2.64. The predicted octanol–water partition coefficient (Wildman–Crippen LogP) is 0.972. The Kier molecular flexibility index (Phi) is 2.84. The second-order valence-corrected chi connectivity index (χ2v) is 3.32. The first-order valence-corrected chi connectivity index (χ1v) is 4.01. The highest BCUT2D eigenvalue weighted by atomic mass is 16.3. The first kappa shape index (κ1) is 9.23. The molecule has 0 aliphatic heterocycles. The Morgan fingerprint density at radius 1 is 1.25 bits per heavy atom. The lowest BCUT2D eigenvalue weighted by molar-refractivity contribution is 0.00232. The number of rotatable bonds is 3. The molecule has 0 heterocycles. The maximum atomic E-state index is 9.53. The second kappa shape index (κ2) is 3.70. The molecule has 1 rings (SSSR count). The van der Waals surface area contributed by atoms with Crippen molar-refractivity contribution < 1.29 is 10.2 Å². The van der Waals surface area contributed by atoms with Gasteiger partial charge in [0.05, 0.1) is 12.2 Å². The van der Waals surface area contributed by atoms with Crippen LogP contribution < -0.4 is 0 Å². The quantitative estimate of drug-likeness (QED) is 0.702. The highest BCUT2D eigenvalue weighted by Crippen LogP contribution is 2.11. The lowest BCUT2D eigenvalue weighted by atomic mass is 9.98. The first-order chi connectivity index (χ1) is 5.64. The van der Waals surface area contributed by atoms with E-state index < -0.39 is 5.60 Å². The Morgan fingerprint density at radius 2 is 1.83 bits per heavy atom. The molecule has 0 aliphatic carbocycles. The highest BCUT2D eigenvalue weighted by Gasteiger charge is 2.18. The van der Waals surface area contributed by atoms with Crippen molar-refractivity contribution in [1.29, 1.82) is 0 Å². The third-order valence-electron chi connectivity index (χ3n) is 1.77. The van der Waals surface area contributed by atoms with Crippen molar-refractivity contribution in [2.45, 2.75) is 18.9 Å². The highest BCUT2D eigenvalue weighted by molar-refractivity contribution is 5.16. The SMILES string of the molecule is CC(O)(CO)Cc1ccccc1. The van der Waals surface area contributed by atoms with Crippen LogP contribution in [0.4, 0.5) is 0 Å². The van der Waals surface area contributed by atoms with Gasteiger partial charge < -0.3 is 10.2 Å². The average molecular weight is 166 g/mol. The van der Waals surface area contributed by atoms with Crippen molar-refractivity contribution in [1.82, 2.24) is 0 Å². The van der Waals surface area contributed by atoms with Gasteiger partial charge in [-0.15, -0.1) is 0 Å². The van der Waals surface area contributed by atoms with Crippen LogP contribution in [-0.2, 0) is 6.42 Å². The number of benzene rings is 1. The van der Waals surface area contributed by atoms with E-state index in [1.807, 2.05) is 30.3 Å².